The van der Waals surface area contributed by atoms with Crippen molar-refractivity contribution in [3.63, 3.8) is 0 Å². The van der Waals surface area contributed by atoms with Gasteiger partial charge in [0, 0.05) is 18.6 Å². The Bertz CT molecular complexity index is 709. The number of hydrogen-bond donors (Lipinski definition) is 0. The van der Waals surface area contributed by atoms with E-state index in [-0.39, 0.29) is 28.8 Å². The Morgan fingerprint density at radius 2 is 1.79 bits per heavy atom. The Morgan fingerprint density at radius 3 is 2.29 bits per heavy atom. The lowest BCUT2D eigenvalue weighted by atomic mass is 10.1. The zero-order valence-corrected chi connectivity index (χ0v) is 16.2. The zero-order chi connectivity index (χ0) is 18.1. The Hall–Kier alpha value is -1.27. The van der Waals surface area contributed by atoms with Crippen molar-refractivity contribution in [2.45, 2.75) is 52.6 Å². The molecule has 7 heteroatoms. The molecule has 0 saturated carbocycles. The molecule has 0 aliphatic carbocycles. The van der Waals surface area contributed by atoms with Gasteiger partial charge in [-0.25, -0.2) is 8.42 Å². The number of halogens is 1. The number of anilines is 1. The fraction of sp³-hybridized carbons (Fsp3) is 0.588. The molecule has 2 rings (SSSR count). The Balaban J connectivity index is 2.35. The van der Waals surface area contributed by atoms with Crippen LogP contribution in [0.2, 0.25) is 5.02 Å². The van der Waals surface area contributed by atoms with Crippen LogP contribution in [0.1, 0.15) is 50.9 Å². The van der Waals surface area contributed by atoms with Gasteiger partial charge in [0.15, 0.2) is 0 Å². The maximum Gasteiger partial charge on any atom is 0.255 e. The SMILES string of the molecule is CC(C)N(C(=O)c1ccc(N2CCCCS2(=O)=O)cc1Cl)C(C)C. The van der Waals surface area contributed by atoms with Crippen LogP contribution in [0.25, 0.3) is 0 Å². The lowest BCUT2D eigenvalue weighted by molar-refractivity contribution is 0.0644. The van der Waals surface area contributed by atoms with E-state index in [2.05, 4.69) is 0 Å². The van der Waals surface area contributed by atoms with Crippen molar-refractivity contribution in [2.24, 2.45) is 0 Å². The molecule has 1 aromatic rings. The van der Waals surface area contributed by atoms with E-state index in [0.29, 0.717) is 24.2 Å². The van der Waals surface area contributed by atoms with Crippen LogP contribution >= 0.6 is 11.6 Å². The van der Waals surface area contributed by atoms with E-state index in [1.54, 1.807) is 23.1 Å². The highest BCUT2D eigenvalue weighted by Crippen LogP contribution is 2.29. The summed E-state index contributed by atoms with van der Waals surface area (Å²) in [6, 6.07) is 4.98. The minimum atomic E-state index is -3.29. The Morgan fingerprint density at radius 1 is 1.17 bits per heavy atom. The van der Waals surface area contributed by atoms with Crippen LogP contribution < -0.4 is 4.31 Å². The number of carbonyl (C=O) groups excluding carboxylic acids is 1. The van der Waals surface area contributed by atoms with E-state index >= 15 is 0 Å². The molecule has 134 valence electrons. The quantitative estimate of drug-likeness (QED) is 0.812. The predicted octanol–water partition coefficient (Wildman–Crippen LogP) is 3.53. The minimum absolute atomic E-state index is 0.0516. The zero-order valence-electron chi connectivity index (χ0n) is 14.6. The van der Waals surface area contributed by atoms with Crippen LogP contribution in [0.5, 0.6) is 0 Å². The summed E-state index contributed by atoms with van der Waals surface area (Å²) in [5.41, 5.74) is 0.925. The molecule has 1 amide bonds. The van der Waals surface area contributed by atoms with Gasteiger partial charge < -0.3 is 4.90 Å². The molecule has 1 heterocycles. The molecule has 1 aliphatic rings. The Kier molecular flexibility index (Phi) is 5.81. The van der Waals surface area contributed by atoms with E-state index in [1.165, 1.54) is 4.31 Å². The molecule has 1 fully saturated rings. The molecule has 0 unspecified atom stereocenters. The lowest BCUT2D eigenvalue weighted by Gasteiger charge is -2.32. The first-order valence-corrected chi connectivity index (χ1v) is 10.3. The molecule has 1 aliphatic heterocycles. The summed E-state index contributed by atoms with van der Waals surface area (Å²) in [4.78, 5) is 14.5. The topological polar surface area (TPSA) is 57.7 Å². The van der Waals surface area contributed by atoms with Crippen molar-refractivity contribution in [2.75, 3.05) is 16.6 Å². The van der Waals surface area contributed by atoms with Crippen molar-refractivity contribution < 1.29 is 13.2 Å². The van der Waals surface area contributed by atoms with E-state index in [1.807, 2.05) is 27.7 Å². The standard InChI is InChI=1S/C17H25ClN2O3S/c1-12(2)20(13(3)4)17(21)15-8-7-14(11-16(15)18)19-9-5-6-10-24(19,22)23/h7-8,11-13H,5-6,9-10H2,1-4H3. The molecule has 0 atom stereocenters. The number of nitrogens with zero attached hydrogens (tertiary/aromatic N) is 2. The summed E-state index contributed by atoms with van der Waals surface area (Å²) in [7, 11) is -3.29. The third kappa shape index (κ3) is 3.86. The first kappa shape index (κ1) is 19.1. The van der Waals surface area contributed by atoms with Gasteiger partial charge in [0.2, 0.25) is 10.0 Å². The van der Waals surface area contributed by atoms with Gasteiger partial charge in [-0.05, 0) is 58.7 Å². The second-order valence-electron chi connectivity index (χ2n) is 6.66. The molecular formula is C17H25ClN2O3S. The van der Waals surface area contributed by atoms with Crippen molar-refractivity contribution in [1.82, 2.24) is 4.90 Å². The molecule has 1 saturated heterocycles. The normalized spacial score (nSPS) is 17.4. The van der Waals surface area contributed by atoms with Gasteiger partial charge in [0.25, 0.3) is 5.91 Å². The summed E-state index contributed by atoms with van der Waals surface area (Å²) in [6.45, 7) is 8.29. The van der Waals surface area contributed by atoms with E-state index in [9.17, 15) is 13.2 Å². The van der Waals surface area contributed by atoms with Gasteiger partial charge in [-0.3, -0.25) is 9.10 Å². The summed E-state index contributed by atoms with van der Waals surface area (Å²) in [5.74, 6) is 0.0119. The molecular weight excluding hydrogens is 348 g/mol. The molecule has 0 spiro atoms. The molecule has 24 heavy (non-hydrogen) atoms. The number of rotatable bonds is 4. The lowest BCUT2D eigenvalue weighted by Crippen LogP contribution is -2.42. The number of hydrogen-bond acceptors (Lipinski definition) is 3. The summed E-state index contributed by atoms with van der Waals surface area (Å²) in [5, 5.41) is 0.282. The highest BCUT2D eigenvalue weighted by atomic mass is 35.5. The van der Waals surface area contributed by atoms with Gasteiger partial charge in [-0.2, -0.15) is 0 Å². The number of amides is 1. The average molecular weight is 373 g/mol. The van der Waals surface area contributed by atoms with Crippen molar-refractivity contribution >= 4 is 33.2 Å². The highest BCUT2D eigenvalue weighted by Gasteiger charge is 2.28. The predicted molar refractivity (Wildman–Crippen MR) is 98.3 cm³/mol. The fourth-order valence-corrected chi connectivity index (χ4v) is 5.00. The van der Waals surface area contributed by atoms with Gasteiger partial charge >= 0.3 is 0 Å². The maximum atomic E-state index is 12.8. The van der Waals surface area contributed by atoms with Gasteiger partial charge in [-0.1, -0.05) is 11.6 Å². The summed E-state index contributed by atoms with van der Waals surface area (Å²) >= 11 is 6.32. The van der Waals surface area contributed by atoms with Crippen LogP contribution in [0.3, 0.4) is 0 Å². The molecule has 0 bridgehead atoms. The van der Waals surface area contributed by atoms with Gasteiger partial charge in [-0.15, -0.1) is 0 Å². The van der Waals surface area contributed by atoms with Crippen LogP contribution in [-0.2, 0) is 10.0 Å². The van der Waals surface area contributed by atoms with Gasteiger partial charge in [0.1, 0.15) is 0 Å². The monoisotopic (exact) mass is 372 g/mol. The van der Waals surface area contributed by atoms with Crippen LogP contribution in [0.4, 0.5) is 5.69 Å². The van der Waals surface area contributed by atoms with Crippen molar-refractivity contribution in [1.29, 1.82) is 0 Å². The summed E-state index contributed by atoms with van der Waals surface area (Å²) in [6.07, 6.45) is 1.51. The molecule has 0 radical (unpaired) electrons. The van der Waals surface area contributed by atoms with E-state index in [0.717, 1.165) is 6.42 Å². The Labute approximate surface area is 149 Å². The largest absolute Gasteiger partial charge is 0.334 e. The average Bonchev–Trinajstić information content (AvgIpc) is 2.45. The van der Waals surface area contributed by atoms with Crippen molar-refractivity contribution in [3.05, 3.63) is 28.8 Å². The second kappa shape index (κ2) is 7.31. The van der Waals surface area contributed by atoms with Crippen LogP contribution in [0, 0.1) is 0 Å². The number of carbonyl (C=O) groups is 1. The van der Waals surface area contributed by atoms with E-state index < -0.39 is 10.0 Å². The molecule has 0 aromatic heterocycles. The molecule has 5 nitrogen and oxygen atoms in total. The van der Waals surface area contributed by atoms with Gasteiger partial charge in [0.05, 0.1) is 22.0 Å². The highest BCUT2D eigenvalue weighted by molar-refractivity contribution is 7.92. The first-order chi connectivity index (χ1) is 11.1. The van der Waals surface area contributed by atoms with E-state index in [4.69, 9.17) is 11.6 Å². The summed E-state index contributed by atoms with van der Waals surface area (Å²) < 4.78 is 25.8. The maximum absolute atomic E-state index is 12.8. The fourth-order valence-electron chi connectivity index (χ4n) is 3.12. The second-order valence-corrected chi connectivity index (χ2v) is 9.08. The van der Waals surface area contributed by atoms with Crippen LogP contribution in [0.15, 0.2) is 18.2 Å². The number of sulfonamides is 1. The third-order valence-corrected chi connectivity index (χ3v) is 6.35. The van der Waals surface area contributed by atoms with Crippen LogP contribution in [-0.4, -0.2) is 43.6 Å². The minimum Gasteiger partial charge on any atom is -0.334 e. The van der Waals surface area contributed by atoms with Crippen molar-refractivity contribution in [3.8, 4) is 0 Å². The smallest absolute Gasteiger partial charge is 0.255 e. The molecule has 0 N–H and O–H groups in total. The third-order valence-electron chi connectivity index (χ3n) is 4.17. The number of benzene rings is 1. The first-order valence-electron chi connectivity index (χ1n) is 8.27. The molecule has 1 aromatic carbocycles.